The number of amides is 1. The first-order chi connectivity index (χ1) is 9.65. The number of hydrogen-bond acceptors (Lipinski definition) is 4. The number of ether oxygens (including phenoxy) is 2. The lowest BCUT2D eigenvalue weighted by atomic mass is 10.2. The molecule has 1 N–H and O–H groups in total. The SMILES string of the molecule is CC.CC.CCC(NC(=O)OC(C)(C)C)C(=O)OC(C)C. The number of carbonyl (C=O) groups excluding carboxylic acids is 2. The molecule has 0 saturated carbocycles. The highest BCUT2D eigenvalue weighted by molar-refractivity contribution is 5.81. The summed E-state index contributed by atoms with van der Waals surface area (Å²) in [5, 5.41) is 2.49. The summed E-state index contributed by atoms with van der Waals surface area (Å²) < 4.78 is 10.1. The zero-order chi connectivity index (χ0) is 17.6. The lowest BCUT2D eigenvalue weighted by Crippen LogP contribution is -2.44. The van der Waals surface area contributed by atoms with Gasteiger partial charge >= 0.3 is 12.1 Å². The molecule has 0 heterocycles. The van der Waals surface area contributed by atoms with Crippen LogP contribution in [0.4, 0.5) is 4.79 Å². The van der Waals surface area contributed by atoms with Crippen LogP contribution in [-0.2, 0) is 14.3 Å². The average molecular weight is 305 g/mol. The Morgan fingerprint density at radius 3 is 1.76 bits per heavy atom. The van der Waals surface area contributed by atoms with E-state index in [1.54, 1.807) is 41.5 Å². The van der Waals surface area contributed by atoms with Gasteiger partial charge in [-0.3, -0.25) is 0 Å². The lowest BCUT2D eigenvalue weighted by molar-refractivity contribution is -0.150. The molecule has 5 heteroatoms. The molecule has 0 spiro atoms. The van der Waals surface area contributed by atoms with Gasteiger partial charge in [0.25, 0.3) is 0 Å². The van der Waals surface area contributed by atoms with E-state index in [0.29, 0.717) is 6.42 Å². The van der Waals surface area contributed by atoms with Crippen molar-refractivity contribution < 1.29 is 19.1 Å². The number of alkyl carbamates (subject to hydrolysis) is 1. The van der Waals surface area contributed by atoms with Crippen LogP contribution in [0.1, 0.15) is 75.7 Å². The molecule has 128 valence electrons. The van der Waals surface area contributed by atoms with E-state index in [0.717, 1.165) is 0 Å². The third kappa shape index (κ3) is 16.7. The Bertz CT molecular complexity index is 270. The maximum Gasteiger partial charge on any atom is 0.408 e. The van der Waals surface area contributed by atoms with Crippen LogP contribution < -0.4 is 5.32 Å². The van der Waals surface area contributed by atoms with Crippen molar-refractivity contribution in [3.05, 3.63) is 0 Å². The van der Waals surface area contributed by atoms with E-state index < -0.39 is 23.7 Å². The van der Waals surface area contributed by atoms with Gasteiger partial charge in [0.2, 0.25) is 0 Å². The van der Waals surface area contributed by atoms with Crippen LogP contribution in [0.25, 0.3) is 0 Å². The fraction of sp³-hybridized carbons (Fsp3) is 0.875. The first-order valence-electron chi connectivity index (χ1n) is 7.85. The zero-order valence-electron chi connectivity index (χ0n) is 15.5. The standard InChI is InChI=1S/C12H23NO4.2C2H6/c1-7-9(10(14)16-8(2)3)13-11(15)17-12(4,5)6;2*1-2/h8-9H,7H2,1-6H3,(H,13,15);2*1-2H3. The van der Waals surface area contributed by atoms with Crippen molar-refractivity contribution in [2.75, 3.05) is 0 Å². The molecule has 1 amide bonds. The molecule has 0 saturated heterocycles. The van der Waals surface area contributed by atoms with E-state index in [9.17, 15) is 9.59 Å². The van der Waals surface area contributed by atoms with E-state index in [-0.39, 0.29) is 6.10 Å². The molecule has 0 aromatic rings. The second-order valence-electron chi connectivity index (χ2n) is 5.09. The third-order valence-electron chi connectivity index (χ3n) is 1.74. The molecule has 21 heavy (non-hydrogen) atoms. The van der Waals surface area contributed by atoms with Crippen molar-refractivity contribution >= 4 is 12.1 Å². The molecule has 0 aliphatic carbocycles. The fourth-order valence-electron chi connectivity index (χ4n) is 1.09. The topological polar surface area (TPSA) is 64.6 Å². The second-order valence-corrected chi connectivity index (χ2v) is 5.09. The molecule has 0 radical (unpaired) electrons. The molecule has 0 rings (SSSR count). The quantitative estimate of drug-likeness (QED) is 0.787. The van der Waals surface area contributed by atoms with Crippen LogP contribution in [0.15, 0.2) is 0 Å². The van der Waals surface area contributed by atoms with Crippen molar-refractivity contribution in [2.45, 2.75) is 93.4 Å². The second kappa shape index (κ2) is 13.7. The summed E-state index contributed by atoms with van der Waals surface area (Å²) in [6.45, 7) is 18.6. The summed E-state index contributed by atoms with van der Waals surface area (Å²) in [6.07, 6.45) is -0.341. The highest BCUT2D eigenvalue weighted by Gasteiger charge is 2.24. The van der Waals surface area contributed by atoms with E-state index in [4.69, 9.17) is 9.47 Å². The summed E-state index contributed by atoms with van der Waals surface area (Å²) in [5.41, 5.74) is -0.579. The monoisotopic (exact) mass is 305 g/mol. The number of rotatable bonds is 4. The highest BCUT2D eigenvalue weighted by atomic mass is 16.6. The maximum absolute atomic E-state index is 11.6. The van der Waals surface area contributed by atoms with E-state index in [1.807, 2.05) is 27.7 Å². The first kappa shape index (κ1) is 24.7. The molecular weight excluding hydrogens is 270 g/mol. The minimum atomic E-state index is -0.660. The zero-order valence-corrected chi connectivity index (χ0v) is 15.5. The summed E-state index contributed by atoms with van der Waals surface area (Å²) in [4.78, 5) is 23.1. The summed E-state index contributed by atoms with van der Waals surface area (Å²) >= 11 is 0. The van der Waals surface area contributed by atoms with Gasteiger partial charge in [0.15, 0.2) is 0 Å². The normalized spacial score (nSPS) is 11.2. The smallest absolute Gasteiger partial charge is 0.408 e. The van der Waals surface area contributed by atoms with Gasteiger partial charge in [0.1, 0.15) is 11.6 Å². The Morgan fingerprint density at radius 1 is 1.05 bits per heavy atom. The van der Waals surface area contributed by atoms with Gasteiger partial charge in [-0.15, -0.1) is 0 Å². The van der Waals surface area contributed by atoms with Crippen molar-refractivity contribution in [3.8, 4) is 0 Å². The molecule has 5 nitrogen and oxygen atoms in total. The molecule has 0 aliphatic rings. The average Bonchev–Trinajstić information content (AvgIpc) is 2.37. The maximum atomic E-state index is 11.6. The predicted molar refractivity (Wildman–Crippen MR) is 87.4 cm³/mol. The molecule has 0 aliphatic heterocycles. The van der Waals surface area contributed by atoms with Crippen LogP contribution in [0.5, 0.6) is 0 Å². The van der Waals surface area contributed by atoms with Gasteiger partial charge < -0.3 is 14.8 Å². The number of hydrogen-bond donors (Lipinski definition) is 1. The Kier molecular flexibility index (Phi) is 16.2. The minimum absolute atomic E-state index is 0.197. The van der Waals surface area contributed by atoms with Crippen LogP contribution in [0.2, 0.25) is 0 Å². The van der Waals surface area contributed by atoms with Crippen LogP contribution in [0, 0.1) is 0 Å². The first-order valence-corrected chi connectivity index (χ1v) is 7.85. The Balaban J connectivity index is -0.000000739. The predicted octanol–water partition coefficient (Wildman–Crippen LogP) is 4.29. The number of esters is 1. The largest absolute Gasteiger partial charge is 0.461 e. The highest BCUT2D eigenvalue weighted by Crippen LogP contribution is 2.07. The van der Waals surface area contributed by atoms with Crippen molar-refractivity contribution in [1.29, 1.82) is 0 Å². The van der Waals surface area contributed by atoms with Gasteiger partial charge in [-0.25, -0.2) is 9.59 Å². The van der Waals surface area contributed by atoms with Gasteiger partial charge in [0.05, 0.1) is 6.10 Å². The van der Waals surface area contributed by atoms with Gasteiger partial charge in [0, 0.05) is 0 Å². The molecule has 0 aromatic carbocycles. The van der Waals surface area contributed by atoms with E-state index in [2.05, 4.69) is 5.32 Å². The minimum Gasteiger partial charge on any atom is -0.461 e. The number of carbonyl (C=O) groups is 2. The lowest BCUT2D eigenvalue weighted by Gasteiger charge is -2.22. The van der Waals surface area contributed by atoms with Crippen LogP contribution in [0.3, 0.4) is 0 Å². The molecule has 1 atom stereocenters. The molecular formula is C16H35NO4. The van der Waals surface area contributed by atoms with Gasteiger partial charge in [-0.2, -0.15) is 0 Å². The molecule has 0 aromatic heterocycles. The van der Waals surface area contributed by atoms with Crippen molar-refractivity contribution in [2.24, 2.45) is 0 Å². The molecule has 0 bridgehead atoms. The number of nitrogens with one attached hydrogen (secondary N) is 1. The van der Waals surface area contributed by atoms with Crippen molar-refractivity contribution in [1.82, 2.24) is 5.32 Å². The van der Waals surface area contributed by atoms with Crippen molar-refractivity contribution in [3.63, 3.8) is 0 Å². The molecule has 0 fully saturated rings. The van der Waals surface area contributed by atoms with E-state index in [1.165, 1.54) is 0 Å². The Morgan fingerprint density at radius 2 is 1.48 bits per heavy atom. The van der Waals surface area contributed by atoms with Crippen LogP contribution >= 0.6 is 0 Å². The van der Waals surface area contributed by atoms with Crippen LogP contribution in [-0.4, -0.2) is 29.8 Å². The summed E-state index contributed by atoms with van der Waals surface area (Å²) in [6, 6.07) is -0.660. The molecule has 1 unspecified atom stereocenters. The van der Waals surface area contributed by atoms with Gasteiger partial charge in [-0.05, 0) is 41.0 Å². The third-order valence-corrected chi connectivity index (χ3v) is 1.74. The van der Waals surface area contributed by atoms with E-state index >= 15 is 0 Å². The Labute approximate surface area is 130 Å². The summed E-state index contributed by atoms with van der Waals surface area (Å²) in [7, 11) is 0. The Hall–Kier alpha value is -1.26. The summed E-state index contributed by atoms with van der Waals surface area (Å²) in [5.74, 6) is -0.437. The fourth-order valence-corrected chi connectivity index (χ4v) is 1.09. The van der Waals surface area contributed by atoms with Gasteiger partial charge in [-0.1, -0.05) is 34.6 Å².